The first kappa shape index (κ1) is 30.9. The lowest BCUT2D eigenvalue weighted by atomic mass is 9.99. The largest absolute Gasteiger partial charge is 0.443 e. The van der Waals surface area contributed by atoms with Crippen LogP contribution in [0.25, 0.3) is 0 Å². The number of benzene rings is 2. The van der Waals surface area contributed by atoms with E-state index < -0.39 is 34.3 Å². The molecule has 2 aliphatic heterocycles. The SMILES string of the molecule is CC(=O)Nc1ccc(S(=O)(=O)N(CC(C)C)C[C@@H](N)[C@H](Cc2ccccc2)NC(=O)O[C@H]2CO[C@H]3OCC[C@H]32)cc1. The first-order valence-corrected chi connectivity index (χ1v) is 15.3. The molecule has 0 saturated carbocycles. The second-order valence-electron chi connectivity index (χ2n) is 11.0. The number of anilines is 1. The summed E-state index contributed by atoms with van der Waals surface area (Å²) in [7, 11) is -3.93. The number of alkyl carbamates (subject to hydrolysis) is 1. The summed E-state index contributed by atoms with van der Waals surface area (Å²) in [6.07, 6.45) is -0.265. The van der Waals surface area contributed by atoms with Crippen molar-refractivity contribution in [1.29, 1.82) is 0 Å². The lowest BCUT2D eigenvalue weighted by Crippen LogP contribution is -2.55. The third kappa shape index (κ3) is 8.26. The Morgan fingerprint density at radius 1 is 1.07 bits per heavy atom. The molecule has 2 aromatic carbocycles. The summed E-state index contributed by atoms with van der Waals surface area (Å²) in [4.78, 5) is 24.5. The Morgan fingerprint density at radius 3 is 2.44 bits per heavy atom. The monoisotopic (exact) mass is 588 g/mol. The van der Waals surface area contributed by atoms with Crippen LogP contribution >= 0.6 is 0 Å². The Morgan fingerprint density at radius 2 is 1.78 bits per heavy atom. The number of nitrogens with two attached hydrogens (primary N) is 1. The standard InChI is InChI=1S/C29H40N4O7S/c1-19(2)16-33(41(36,37)23-11-9-22(10-12-23)31-20(3)34)17-25(30)26(15-21-7-5-4-6-8-21)32-29(35)40-27-18-39-28-24(27)13-14-38-28/h4-12,19,24-28H,13-18,30H2,1-3H3,(H,31,34)(H,32,35)/t24-,25+,26-,27-,28+/m0/s1. The number of fused-ring (bicyclic) bond motifs is 1. The lowest BCUT2D eigenvalue weighted by Gasteiger charge is -2.31. The molecule has 4 N–H and O–H groups in total. The van der Waals surface area contributed by atoms with Crippen LogP contribution < -0.4 is 16.4 Å². The summed E-state index contributed by atoms with van der Waals surface area (Å²) in [5.74, 6) is -0.240. The normalized spacial score (nSPS) is 21.9. The van der Waals surface area contributed by atoms with Crippen LogP contribution in [0.2, 0.25) is 0 Å². The average Bonchev–Trinajstić information content (AvgIpc) is 3.53. The van der Waals surface area contributed by atoms with Gasteiger partial charge in [0, 0.05) is 31.7 Å². The van der Waals surface area contributed by atoms with Crippen molar-refractivity contribution in [3.05, 3.63) is 60.2 Å². The van der Waals surface area contributed by atoms with E-state index in [2.05, 4.69) is 10.6 Å². The number of nitrogens with one attached hydrogen (secondary N) is 2. The number of hydrogen-bond acceptors (Lipinski definition) is 8. The predicted octanol–water partition coefficient (Wildman–Crippen LogP) is 2.72. The van der Waals surface area contributed by atoms with Crippen molar-refractivity contribution in [1.82, 2.24) is 9.62 Å². The van der Waals surface area contributed by atoms with Gasteiger partial charge in [-0.05, 0) is 48.6 Å². The lowest BCUT2D eigenvalue weighted by molar-refractivity contribution is -0.114. The summed E-state index contributed by atoms with van der Waals surface area (Å²) in [5.41, 5.74) is 8.11. The van der Waals surface area contributed by atoms with Crippen LogP contribution in [0.1, 0.15) is 32.8 Å². The highest BCUT2D eigenvalue weighted by molar-refractivity contribution is 7.89. The Kier molecular flexibility index (Phi) is 10.4. The van der Waals surface area contributed by atoms with Crippen molar-refractivity contribution in [3.63, 3.8) is 0 Å². The molecule has 11 nitrogen and oxygen atoms in total. The van der Waals surface area contributed by atoms with E-state index in [4.69, 9.17) is 19.9 Å². The van der Waals surface area contributed by atoms with Crippen molar-refractivity contribution < 1.29 is 32.2 Å². The highest BCUT2D eigenvalue weighted by Crippen LogP contribution is 2.33. The summed E-state index contributed by atoms with van der Waals surface area (Å²) in [6, 6.07) is 14.2. The van der Waals surface area contributed by atoms with Gasteiger partial charge in [0.1, 0.15) is 6.10 Å². The maximum Gasteiger partial charge on any atom is 0.407 e. The molecule has 12 heteroatoms. The zero-order valence-electron chi connectivity index (χ0n) is 23.7. The minimum absolute atomic E-state index is 0.00860. The van der Waals surface area contributed by atoms with E-state index >= 15 is 0 Å². The molecule has 0 spiro atoms. The zero-order valence-corrected chi connectivity index (χ0v) is 24.5. The molecule has 0 radical (unpaired) electrons. The molecule has 2 heterocycles. The molecule has 2 aromatic rings. The molecule has 2 aliphatic rings. The topological polar surface area (TPSA) is 149 Å². The number of carbonyl (C=O) groups excluding carboxylic acids is 2. The van der Waals surface area contributed by atoms with Gasteiger partial charge in [-0.3, -0.25) is 4.79 Å². The fraction of sp³-hybridized carbons (Fsp3) is 0.517. The van der Waals surface area contributed by atoms with E-state index in [0.29, 0.717) is 18.7 Å². The van der Waals surface area contributed by atoms with E-state index in [9.17, 15) is 18.0 Å². The van der Waals surface area contributed by atoms with Gasteiger partial charge in [0.15, 0.2) is 6.29 Å². The fourth-order valence-corrected chi connectivity index (χ4v) is 6.79. The van der Waals surface area contributed by atoms with E-state index in [1.165, 1.54) is 23.4 Å². The number of rotatable bonds is 12. The minimum Gasteiger partial charge on any atom is -0.443 e. The molecular formula is C29H40N4O7S. The Bertz CT molecular complexity index is 1270. The maximum atomic E-state index is 13.7. The summed E-state index contributed by atoms with van der Waals surface area (Å²) < 4.78 is 45.6. The van der Waals surface area contributed by atoms with Crippen molar-refractivity contribution in [2.75, 3.05) is 31.6 Å². The fourth-order valence-electron chi connectivity index (χ4n) is 5.15. The van der Waals surface area contributed by atoms with Crippen LogP contribution in [-0.2, 0) is 35.4 Å². The zero-order chi connectivity index (χ0) is 29.6. The van der Waals surface area contributed by atoms with Crippen molar-refractivity contribution in [2.24, 2.45) is 17.6 Å². The first-order valence-electron chi connectivity index (χ1n) is 13.9. The second kappa shape index (κ2) is 13.8. The molecule has 224 valence electrons. The second-order valence-corrected chi connectivity index (χ2v) is 12.9. The minimum atomic E-state index is -3.93. The molecule has 0 aromatic heterocycles. The average molecular weight is 589 g/mol. The van der Waals surface area contributed by atoms with Gasteiger partial charge in [-0.2, -0.15) is 4.31 Å². The Labute approximate surface area is 241 Å². The van der Waals surface area contributed by atoms with E-state index in [0.717, 1.165) is 12.0 Å². The number of amides is 2. The number of nitrogens with zero attached hydrogens (tertiary/aromatic N) is 1. The van der Waals surface area contributed by atoms with Gasteiger partial charge in [-0.25, -0.2) is 13.2 Å². The van der Waals surface area contributed by atoms with Crippen molar-refractivity contribution in [2.45, 2.75) is 63.0 Å². The van der Waals surface area contributed by atoms with Gasteiger partial charge in [-0.1, -0.05) is 44.2 Å². The third-order valence-electron chi connectivity index (χ3n) is 7.16. The van der Waals surface area contributed by atoms with Crippen LogP contribution in [-0.4, -0.2) is 75.5 Å². The molecule has 0 unspecified atom stereocenters. The van der Waals surface area contributed by atoms with Gasteiger partial charge in [0.2, 0.25) is 15.9 Å². The van der Waals surface area contributed by atoms with Crippen LogP contribution in [0.3, 0.4) is 0 Å². The first-order chi connectivity index (χ1) is 19.5. The Hall–Kier alpha value is -3.03. The number of ether oxygens (including phenoxy) is 3. The highest BCUT2D eigenvalue weighted by Gasteiger charge is 2.44. The van der Waals surface area contributed by atoms with Crippen LogP contribution in [0, 0.1) is 11.8 Å². The van der Waals surface area contributed by atoms with Crippen LogP contribution in [0.4, 0.5) is 10.5 Å². The molecule has 4 rings (SSSR count). The molecule has 41 heavy (non-hydrogen) atoms. The maximum absolute atomic E-state index is 13.7. The van der Waals surface area contributed by atoms with E-state index in [1.807, 2.05) is 44.2 Å². The molecule has 5 atom stereocenters. The van der Waals surface area contributed by atoms with Gasteiger partial charge in [0.25, 0.3) is 0 Å². The predicted molar refractivity (Wildman–Crippen MR) is 153 cm³/mol. The molecule has 2 fully saturated rings. The van der Waals surface area contributed by atoms with Crippen molar-refractivity contribution in [3.8, 4) is 0 Å². The van der Waals surface area contributed by atoms with Crippen LogP contribution in [0.5, 0.6) is 0 Å². The molecule has 2 amide bonds. The summed E-state index contributed by atoms with van der Waals surface area (Å²) >= 11 is 0. The van der Waals surface area contributed by atoms with Crippen LogP contribution in [0.15, 0.2) is 59.5 Å². The summed E-state index contributed by atoms with van der Waals surface area (Å²) in [6.45, 7) is 6.26. The molecule has 0 bridgehead atoms. The van der Waals surface area contributed by atoms with Gasteiger partial charge in [0.05, 0.1) is 30.1 Å². The molecule has 0 aliphatic carbocycles. The Balaban J connectivity index is 1.51. The number of carbonyl (C=O) groups is 2. The van der Waals surface area contributed by atoms with Gasteiger partial charge >= 0.3 is 6.09 Å². The number of hydrogen-bond donors (Lipinski definition) is 3. The third-order valence-corrected chi connectivity index (χ3v) is 9.00. The smallest absolute Gasteiger partial charge is 0.407 e. The van der Waals surface area contributed by atoms with Gasteiger partial charge in [-0.15, -0.1) is 0 Å². The van der Waals surface area contributed by atoms with Crippen molar-refractivity contribution >= 4 is 27.7 Å². The number of sulfonamides is 1. The highest BCUT2D eigenvalue weighted by atomic mass is 32.2. The van der Waals surface area contributed by atoms with E-state index in [-0.39, 0.29) is 48.6 Å². The van der Waals surface area contributed by atoms with E-state index in [1.54, 1.807) is 12.1 Å². The molecular weight excluding hydrogens is 548 g/mol. The van der Waals surface area contributed by atoms with Gasteiger partial charge < -0.3 is 30.6 Å². The molecule has 2 saturated heterocycles. The summed E-state index contributed by atoms with van der Waals surface area (Å²) in [5, 5.41) is 5.54. The quantitative estimate of drug-likeness (QED) is 0.343.